The van der Waals surface area contributed by atoms with Crippen LogP contribution in [0.3, 0.4) is 0 Å². The third kappa shape index (κ3) is 8.62. The van der Waals surface area contributed by atoms with Crippen molar-refractivity contribution in [2.45, 2.75) is 72.5 Å². The molecule has 0 bridgehead atoms. The Morgan fingerprint density at radius 3 is 2.32 bits per heavy atom. The molecule has 2 rings (SSSR count). The third-order valence-electron chi connectivity index (χ3n) is 6.50. The maximum atomic E-state index is 13.4. The lowest BCUT2D eigenvalue weighted by Gasteiger charge is -2.30. The van der Waals surface area contributed by atoms with E-state index in [1.165, 1.54) is 9.21 Å². The molecule has 2 amide bonds. The molecule has 10 heteroatoms. The summed E-state index contributed by atoms with van der Waals surface area (Å²) in [5.41, 5.74) is 3.19. The van der Waals surface area contributed by atoms with Gasteiger partial charge in [-0.15, -0.1) is 0 Å². The third-order valence-corrected chi connectivity index (χ3v) is 8.42. The Labute approximate surface area is 231 Å². The Hall–Kier alpha value is -2.29. The number of halogens is 2. The summed E-state index contributed by atoms with van der Waals surface area (Å²) in [6.45, 7) is 9.67. The van der Waals surface area contributed by atoms with E-state index >= 15 is 0 Å². The van der Waals surface area contributed by atoms with Gasteiger partial charge in [0.05, 0.1) is 22.0 Å². The maximum Gasteiger partial charge on any atom is 0.242 e. The number of sulfonamides is 1. The van der Waals surface area contributed by atoms with Crippen LogP contribution in [0, 0.1) is 13.8 Å². The summed E-state index contributed by atoms with van der Waals surface area (Å²) in [7, 11) is -3.56. The Kier molecular flexibility index (Phi) is 11.3. The lowest BCUT2D eigenvalue weighted by Crippen LogP contribution is -2.49. The minimum absolute atomic E-state index is 0.0298. The van der Waals surface area contributed by atoms with Gasteiger partial charge in [-0.05, 0) is 75.4 Å². The zero-order valence-electron chi connectivity index (χ0n) is 22.3. The van der Waals surface area contributed by atoms with E-state index in [2.05, 4.69) is 5.32 Å². The summed E-state index contributed by atoms with van der Waals surface area (Å²) in [4.78, 5) is 27.8. The molecule has 0 aliphatic heterocycles. The van der Waals surface area contributed by atoms with E-state index in [9.17, 15) is 18.0 Å². The van der Waals surface area contributed by atoms with Gasteiger partial charge in [-0.1, -0.05) is 48.3 Å². The first-order valence-corrected chi connectivity index (χ1v) is 14.9. The molecule has 2 aromatic carbocycles. The number of carbonyl (C=O) groups excluding carboxylic acids is 2. The van der Waals surface area contributed by atoms with Gasteiger partial charge in [0.1, 0.15) is 6.04 Å². The van der Waals surface area contributed by atoms with E-state index in [0.29, 0.717) is 15.7 Å². The molecule has 0 saturated carbocycles. The number of hydrogen-bond donors (Lipinski definition) is 1. The molecule has 2 aromatic rings. The molecule has 0 heterocycles. The molecule has 204 valence electrons. The molecule has 7 nitrogen and oxygen atoms in total. The van der Waals surface area contributed by atoms with E-state index in [-0.39, 0.29) is 43.8 Å². The molecule has 0 aliphatic rings. The lowest BCUT2D eigenvalue weighted by molar-refractivity contribution is -0.140. The van der Waals surface area contributed by atoms with Crippen LogP contribution < -0.4 is 9.62 Å². The number of benzene rings is 2. The molecule has 0 aromatic heterocycles. The second kappa shape index (κ2) is 13.5. The van der Waals surface area contributed by atoms with Gasteiger partial charge in [0.15, 0.2) is 0 Å². The smallest absolute Gasteiger partial charge is 0.242 e. The molecule has 37 heavy (non-hydrogen) atoms. The number of nitrogens with one attached hydrogen (secondary N) is 1. The highest BCUT2D eigenvalue weighted by Gasteiger charge is 2.27. The number of nitrogens with zero attached hydrogens (tertiary/aromatic N) is 2. The number of anilines is 1. The van der Waals surface area contributed by atoms with Gasteiger partial charge in [-0.3, -0.25) is 13.9 Å². The normalized spacial score (nSPS) is 13.1. The Morgan fingerprint density at radius 2 is 1.73 bits per heavy atom. The summed E-state index contributed by atoms with van der Waals surface area (Å²) < 4.78 is 26.5. The molecule has 0 spiro atoms. The van der Waals surface area contributed by atoms with Crippen LogP contribution in [0.1, 0.15) is 56.7 Å². The van der Waals surface area contributed by atoms with Crippen molar-refractivity contribution in [3.63, 3.8) is 0 Å². The topological polar surface area (TPSA) is 86.8 Å². The fourth-order valence-electron chi connectivity index (χ4n) is 3.87. The van der Waals surface area contributed by atoms with Crippen molar-refractivity contribution in [3.8, 4) is 0 Å². The Morgan fingerprint density at radius 1 is 1.05 bits per heavy atom. The first-order valence-electron chi connectivity index (χ1n) is 12.3. The average Bonchev–Trinajstić information content (AvgIpc) is 2.83. The highest BCUT2D eigenvalue weighted by molar-refractivity contribution is 7.92. The van der Waals surface area contributed by atoms with Gasteiger partial charge < -0.3 is 10.2 Å². The highest BCUT2D eigenvalue weighted by Crippen LogP contribution is 2.26. The SMILES string of the molecule is CC[C@H](C)NC(=O)[C@H](C)N(Cc1ccc(Cl)c(Cl)c1)C(=O)CCCN(c1cccc(C)c1C)S(C)(=O)=O. The fraction of sp³-hybridized carbons (Fsp3) is 0.481. The first-order chi connectivity index (χ1) is 17.3. The van der Waals surface area contributed by atoms with Crippen LogP contribution >= 0.6 is 23.2 Å². The van der Waals surface area contributed by atoms with Gasteiger partial charge in [-0.25, -0.2) is 8.42 Å². The standard InChI is InChI=1S/C27H37Cl2N3O4S/c1-7-19(3)30-27(34)21(5)31(17-22-13-14-23(28)24(29)16-22)26(33)12-9-15-32(37(6,35)36)25-11-8-10-18(2)20(25)4/h8,10-11,13-14,16,19,21H,7,9,12,15,17H2,1-6H3,(H,30,34)/t19-,21-/m0/s1. The van der Waals surface area contributed by atoms with Crippen molar-refractivity contribution in [1.82, 2.24) is 10.2 Å². The molecule has 1 N–H and O–H groups in total. The molecular weight excluding hydrogens is 533 g/mol. The van der Waals surface area contributed by atoms with Gasteiger partial charge in [-0.2, -0.15) is 0 Å². The van der Waals surface area contributed by atoms with Crippen molar-refractivity contribution in [2.24, 2.45) is 0 Å². The predicted octanol–water partition coefficient (Wildman–Crippen LogP) is 5.49. The molecule has 2 atom stereocenters. The van der Waals surface area contributed by atoms with E-state index in [1.807, 2.05) is 39.8 Å². The van der Waals surface area contributed by atoms with E-state index < -0.39 is 16.1 Å². The van der Waals surface area contributed by atoms with E-state index in [0.717, 1.165) is 29.4 Å². The highest BCUT2D eigenvalue weighted by atomic mass is 35.5. The predicted molar refractivity (Wildman–Crippen MR) is 152 cm³/mol. The van der Waals surface area contributed by atoms with Gasteiger partial charge in [0.2, 0.25) is 21.8 Å². The van der Waals surface area contributed by atoms with Crippen LogP contribution in [0.2, 0.25) is 10.0 Å². The second-order valence-corrected chi connectivity index (χ2v) is 12.1. The van der Waals surface area contributed by atoms with Crippen molar-refractivity contribution < 1.29 is 18.0 Å². The number of aryl methyl sites for hydroxylation is 1. The van der Waals surface area contributed by atoms with Gasteiger partial charge in [0.25, 0.3) is 0 Å². The van der Waals surface area contributed by atoms with Crippen LogP contribution in [-0.4, -0.2) is 50.0 Å². The maximum absolute atomic E-state index is 13.4. The number of hydrogen-bond acceptors (Lipinski definition) is 4. The van der Waals surface area contributed by atoms with Gasteiger partial charge in [0, 0.05) is 25.6 Å². The van der Waals surface area contributed by atoms with Crippen molar-refractivity contribution in [2.75, 3.05) is 17.1 Å². The Bertz CT molecular complexity index is 1220. The van der Waals surface area contributed by atoms with E-state index in [1.54, 1.807) is 31.2 Å². The first kappa shape index (κ1) is 30.9. The van der Waals surface area contributed by atoms with E-state index in [4.69, 9.17) is 23.2 Å². The van der Waals surface area contributed by atoms with Crippen molar-refractivity contribution >= 4 is 50.7 Å². The number of rotatable bonds is 12. The zero-order valence-corrected chi connectivity index (χ0v) is 24.7. The fourth-order valence-corrected chi connectivity index (χ4v) is 5.21. The summed E-state index contributed by atoms with van der Waals surface area (Å²) in [5, 5.41) is 3.69. The molecule has 0 unspecified atom stereocenters. The molecular formula is C27H37Cl2N3O4S. The van der Waals surface area contributed by atoms with Crippen LogP contribution in [0.25, 0.3) is 0 Å². The Balaban J connectivity index is 2.24. The minimum Gasteiger partial charge on any atom is -0.352 e. The van der Waals surface area contributed by atoms with Crippen LogP contribution in [-0.2, 0) is 26.2 Å². The number of amides is 2. The van der Waals surface area contributed by atoms with Crippen molar-refractivity contribution in [1.29, 1.82) is 0 Å². The molecule has 0 aliphatic carbocycles. The van der Waals surface area contributed by atoms with Crippen LogP contribution in [0.15, 0.2) is 36.4 Å². The monoisotopic (exact) mass is 569 g/mol. The zero-order chi connectivity index (χ0) is 27.9. The van der Waals surface area contributed by atoms with Crippen molar-refractivity contribution in [3.05, 3.63) is 63.1 Å². The molecule has 0 saturated heterocycles. The summed E-state index contributed by atoms with van der Waals surface area (Å²) in [5.74, 6) is -0.511. The van der Waals surface area contributed by atoms with Gasteiger partial charge >= 0.3 is 0 Å². The summed E-state index contributed by atoms with van der Waals surface area (Å²) in [6.07, 6.45) is 2.28. The minimum atomic E-state index is -3.56. The second-order valence-electron chi connectivity index (χ2n) is 9.42. The average molecular weight is 571 g/mol. The molecule has 0 radical (unpaired) electrons. The summed E-state index contributed by atoms with van der Waals surface area (Å²) >= 11 is 12.2. The number of carbonyl (C=O) groups is 2. The largest absolute Gasteiger partial charge is 0.352 e. The van der Waals surface area contributed by atoms with Crippen LogP contribution in [0.4, 0.5) is 5.69 Å². The van der Waals surface area contributed by atoms with Crippen LogP contribution in [0.5, 0.6) is 0 Å². The quantitative estimate of drug-likeness (QED) is 0.366. The molecule has 0 fully saturated rings. The lowest BCUT2D eigenvalue weighted by atomic mass is 10.1. The summed E-state index contributed by atoms with van der Waals surface area (Å²) in [6, 6.07) is 9.84.